The molecule has 0 amide bonds. The summed E-state index contributed by atoms with van der Waals surface area (Å²) in [5.74, 6) is -0.802. The zero-order valence-corrected chi connectivity index (χ0v) is 40.3. The molecule has 0 saturated heterocycles. The first-order valence-electron chi connectivity index (χ1n) is 25.2. The lowest BCUT2D eigenvalue weighted by molar-refractivity contribution is -0.161. The van der Waals surface area contributed by atoms with Crippen molar-refractivity contribution in [3.8, 4) is 0 Å². The van der Waals surface area contributed by atoms with Crippen molar-refractivity contribution in [1.82, 2.24) is 0 Å². The average molecular weight is 867 g/mol. The summed E-state index contributed by atoms with van der Waals surface area (Å²) in [6.07, 6.45) is 56.3. The molecule has 0 aromatic carbocycles. The van der Waals surface area contributed by atoms with Crippen LogP contribution >= 0.6 is 7.82 Å². The van der Waals surface area contributed by atoms with Gasteiger partial charge in [-0.1, -0.05) is 204 Å². The van der Waals surface area contributed by atoms with Crippen molar-refractivity contribution in [3.63, 3.8) is 0 Å². The molecule has 0 rings (SSSR count). The monoisotopic (exact) mass is 867 g/mol. The molecule has 0 heterocycles. The second-order valence-corrected chi connectivity index (χ2v) is 18.5. The predicted octanol–water partition coefficient (Wildman–Crippen LogP) is 16.3. The van der Waals surface area contributed by atoms with Crippen LogP contribution in [0.3, 0.4) is 0 Å². The van der Waals surface area contributed by atoms with Gasteiger partial charge in [0.2, 0.25) is 0 Å². The van der Waals surface area contributed by atoms with Crippen LogP contribution in [0.4, 0.5) is 0 Å². The smallest absolute Gasteiger partial charge is 0.462 e. The molecule has 0 bridgehead atoms. The Balaban J connectivity index is 3.90. The fourth-order valence-corrected chi connectivity index (χ4v) is 7.67. The molecule has 1 N–H and O–H groups in total. The van der Waals surface area contributed by atoms with E-state index in [9.17, 15) is 19.0 Å². The molecule has 2 unspecified atom stereocenters. The van der Waals surface area contributed by atoms with Crippen LogP contribution in [0.2, 0.25) is 0 Å². The van der Waals surface area contributed by atoms with E-state index < -0.39 is 26.5 Å². The molecule has 0 saturated carbocycles. The van der Waals surface area contributed by atoms with Gasteiger partial charge < -0.3 is 14.4 Å². The quantitative estimate of drug-likeness (QED) is 0.0279. The maximum absolute atomic E-state index is 12.6. The molecule has 8 nitrogen and oxygen atoms in total. The standard InChI is InChI=1S/C51H95O8P/c1-4-6-8-10-12-14-16-18-20-22-24-25-26-27-28-30-32-34-36-38-40-42-44-46-51(53)59-49(48-58-60(54,55)56-3)47-57-50(52)45-43-41-39-37-35-33-31-29-23-21-19-17-15-13-11-9-7-5-2/h16,18,21-24,49H,4-15,17,19-20,25-48H2,1-3H3,(H,54,55)/b18-16-,23-21-,24-22-. The van der Waals surface area contributed by atoms with Gasteiger partial charge in [0.25, 0.3) is 0 Å². The molecule has 0 radical (unpaired) electrons. The van der Waals surface area contributed by atoms with Gasteiger partial charge in [-0.2, -0.15) is 0 Å². The number of allylic oxidation sites excluding steroid dienone is 6. The molecule has 352 valence electrons. The molecular weight excluding hydrogens is 772 g/mol. The number of carbonyl (C=O) groups excluding carboxylic acids is 2. The Labute approximate surface area is 370 Å². The van der Waals surface area contributed by atoms with Crippen molar-refractivity contribution in [1.29, 1.82) is 0 Å². The Morgan fingerprint density at radius 3 is 1.18 bits per heavy atom. The summed E-state index contributed by atoms with van der Waals surface area (Å²) in [5, 5.41) is 0. The largest absolute Gasteiger partial charge is 0.472 e. The van der Waals surface area contributed by atoms with Gasteiger partial charge in [0.15, 0.2) is 6.10 Å². The minimum atomic E-state index is -4.27. The first kappa shape index (κ1) is 58.3. The lowest BCUT2D eigenvalue weighted by Crippen LogP contribution is -2.29. The third kappa shape index (κ3) is 45.8. The number of phosphoric ester groups is 1. The Morgan fingerprint density at radius 2 is 0.800 bits per heavy atom. The third-order valence-electron chi connectivity index (χ3n) is 11.1. The van der Waals surface area contributed by atoms with E-state index >= 15 is 0 Å². The van der Waals surface area contributed by atoms with Crippen LogP contribution in [-0.2, 0) is 32.7 Å². The van der Waals surface area contributed by atoms with Crippen LogP contribution < -0.4 is 0 Å². The molecule has 0 aromatic heterocycles. The van der Waals surface area contributed by atoms with Crippen molar-refractivity contribution in [2.45, 2.75) is 258 Å². The van der Waals surface area contributed by atoms with E-state index in [1.807, 2.05) is 0 Å². The van der Waals surface area contributed by atoms with Crippen LogP contribution in [-0.4, -0.2) is 43.3 Å². The normalized spacial score (nSPS) is 13.5. The number of rotatable bonds is 47. The van der Waals surface area contributed by atoms with E-state index in [2.05, 4.69) is 54.8 Å². The van der Waals surface area contributed by atoms with Crippen molar-refractivity contribution >= 4 is 19.8 Å². The van der Waals surface area contributed by atoms with Gasteiger partial charge in [0.05, 0.1) is 6.61 Å². The molecular formula is C51H95O8P. The second-order valence-electron chi connectivity index (χ2n) is 16.9. The lowest BCUT2D eigenvalue weighted by Gasteiger charge is -2.19. The van der Waals surface area contributed by atoms with Crippen LogP contribution in [0, 0.1) is 0 Å². The molecule has 60 heavy (non-hydrogen) atoms. The fourth-order valence-electron chi connectivity index (χ4n) is 7.21. The van der Waals surface area contributed by atoms with Crippen LogP contribution in [0.15, 0.2) is 36.5 Å². The topological polar surface area (TPSA) is 108 Å². The highest BCUT2D eigenvalue weighted by molar-refractivity contribution is 7.47. The van der Waals surface area contributed by atoms with Gasteiger partial charge in [-0.15, -0.1) is 0 Å². The van der Waals surface area contributed by atoms with Crippen molar-refractivity contribution < 1.29 is 37.6 Å². The molecule has 0 aliphatic carbocycles. The maximum atomic E-state index is 12.6. The van der Waals surface area contributed by atoms with E-state index in [1.54, 1.807) is 0 Å². The van der Waals surface area contributed by atoms with E-state index in [0.29, 0.717) is 6.42 Å². The Hall–Kier alpha value is -1.73. The molecule has 9 heteroatoms. The maximum Gasteiger partial charge on any atom is 0.472 e. The Bertz CT molecular complexity index is 1070. The first-order chi connectivity index (χ1) is 29.3. The predicted molar refractivity (Wildman–Crippen MR) is 253 cm³/mol. The molecule has 2 atom stereocenters. The number of phosphoric acid groups is 1. The number of unbranched alkanes of at least 4 members (excludes halogenated alkanes) is 30. The van der Waals surface area contributed by atoms with Crippen LogP contribution in [0.5, 0.6) is 0 Å². The van der Waals surface area contributed by atoms with Crippen molar-refractivity contribution in [3.05, 3.63) is 36.5 Å². The number of ether oxygens (including phenoxy) is 2. The summed E-state index contributed by atoms with van der Waals surface area (Å²) in [6.45, 7) is 3.90. The SMILES string of the molecule is CCCCCCC/C=C\C/C=C\CCCCCCCCCCCCCC(=O)OC(COC(=O)CCCCCCCCC/C=C\CCCCCCCCC)COP(=O)(O)OC. The summed E-state index contributed by atoms with van der Waals surface area (Å²) < 4.78 is 32.1. The minimum absolute atomic E-state index is 0.226. The van der Waals surface area contributed by atoms with E-state index in [4.69, 9.17) is 14.0 Å². The van der Waals surface area contributed by atoms with E-state index in [-0.39, 0.29) is 25.4 Å². The Kier molecular flexibility index (Phi) is 45.4. The van der Waals surface area contributed by atoms with Gasteiger partial charge in [0.1, 0.15) is 6.61 Å². The Morgan fingerprint density at radius 1 is 0.467 bits per heavy atom. The summed E-state index contributed by atoms with van der Waals surface area (Å²) >= 11 is 0. The highest BCUT2D eigenvalue weighted by Crippen LogP contribution is 2.42. The second kappa shape index (κ2) is 46.8. The van der Waals surface area contributed by atoms with Crippen molar-refractivity contribution in [2.75, 3.05) is 20.3 Å². The van der Waals surface area contributed by atoms with Gasteiger partial charge in [-0.3, -0.25) is 18.6 Å². The first-order valence-corrected chi connectivity index (χ1v) is 26.7. The van der Waals surface area contributed by atoms with Gasteiger partial charge in [0, 0.05) is 20.0 Å². The average Bonchev–Trinajstić information content (AvgIpc) is 3.24. The van der Waals surface area contributed by atoms with Crippen LogP contribution in [0.1, 0.15) is 251 Å². The summed E-state index contributed by atoms with van der Waals surface area (Å²) in [5.41, 5.74) is 0. The lowest BCUT2D eigenvalue weighted by atomic mass is 10.0. The molecule has 0 spiro atoms. The molecule has 0 aliphatic rings. The third-order valence-corrected chi connectivity index (χ3v) is 12.0. The number of carbonyl (C=O) groups is 2. The van der Waals surface area contributed by atoms with E-state index in [1.165, 1.54) is 180 Å². The number of hydrogen-bond acceptors (Lipinski definition) is 7. The fraction of sp³-hybridized carbons (Fsp3) is 0.843. The number of esters is 2. The zero-order valence-electron chi connectivity index (χ0n) is 39.4. The highest BCUT2D eigenvalue weighted by Gasteiger charge is 2.24. The molecule has 0 aliphatic heterocycles. The zero-order chi connectivity index (χ0) is 43.9. The summed E-state index contributed by atoms with van der Waals surface area (Å²) in [6, 6.07) is 0. The summed E-state index contributed by atoms with van der Waals surface area (Å²) in [7, 11) is -3.20. The summed E-state index contributed by atoms with van der Waals surface area (Å²) in [4.78, 5) is 34.6. The minimum Gasteiger partial charge on any atom is -0.462 e. The van der Waals surface area contributed by atoms with Crippen LogP contribution in [0.25, 0.3) is 0 Å². The van der Waals surface area contributed by atoms with Gasteiger partial charge in [-0.25, -0.2) is 4.57 Å². The van der Waals surface area contributed by atoms with E-state index in [0.717, 1.165) is 45.6 Å². The van der Waals surface area contributed by atoms with Gasteiger partial charge in [-0.05, 0) is 70.6 Å². The molecule has 0 aromatic rings. The molecule has 0 fully saturated rings. The van der Waals surface area contributed by atoms with Gasteiger partial charge >= 0.3 is 19.8 Å². The highest BCUT2D eigenvalue weighted by atomic mass is 31.2. The number of hydrogen-bond donors (Lipinski definition) is 1. The van der Waals surface area contributed by atoms with Crippen molar-refractivity contribution in [2.24, 2.45) is 0 Å².